The Balaban J connectivity index is 1.52. The summed E-state index contributed by atoms with van der Waals surface area (Å²) in [5.74, 6) is 1.48. The fourth-order valence-electron chi connectivity index (χ4n) is 2.46. The van der Waals surface area contributed by atoms with Crippen molar-refractivity contribution in [2.24, 2.45) is 0 Å². The first-order valence-electron chi connectivity index (χ1n) is 8.51. The smallest absolute Gasteiger partial charge is 0.251 e. The first kappa shape index (κ1) is 19.7. The minimum atomic E-state index is -3.69. The summed E-state index contributed by atoms with van der Waals surface area (Å²) in [6.07, 6.45) is 1.44. The van der Waals surface area contributed by atoms with Gasteiger partial charge in [-0.3, -0.25) is 4.79 Å². The maximum Gasteiger partial charge on any atom is 0.251 e. The van der Waals surface area contributed by atoms with Crippen LogP contribution in [-0.2, 0) is 10.0 Å². The second-order valence-corrected chi connectivity index (χ2v) is 7.55. The van der Waals surface area contributed by atoms with Crippen LogP contribution in [0.2, 0.25) is 0 Å². The van der Waals surface area contributed by atoms with E-state index >= 15 is 0 Å². The first-order chi connectivity index (χ1) is 13.5. The van der Waals surface area contributed by atoms with E-state index in [-0.39, 0.29) is 36.9 Å². The van der Waals surface area contributed by atoms with Crippen LogP contribution in [0, 0.1) is 0 Å². The highest BCUT2D eigenvalue weighted by atomic mass is 32.2. The minimum Gasteiger partial charge on any atom is -0.492 e. The monoisotopic (exact) mass is 404 g/mol. The van der Waals surface area contributed by atoms with Crippen LogP contribution in [0.1, 0.15) is 10.4 Å². The molecule has 0 saturated heterocycles. The molecule has 0 atom stereocenters. The summed E-state index contributed by atoms with van der Waals surface area (Å²) in [4.78, 5) is 12.3. The van der Waals surface area contributed by atoms with Gasteiger partial charge in [0.15, 0.2) is 11.5 Å². The van der Waals surface area contributed by atoms with Crippen molar-refractivity contribution in [3.8, 4) is 17.2 Å². The highest BCUT2D eigenvalue weighted by Crippen LogP contribution is 2.34. The van der Waals surface area contributed by atoms with Crippen molar-refractivity contribution in [3.63, 3.8) is 0 Å². The zero-order chi connectivity index (χ0) is 20.0. The van der Waals surface area contributed by atoms with Gasteiger partial charge < -0.3 is 19.5 Å². The Morgan fingerprint density at radius 3 is 2.82 bits per heavy atom. The number of nitrogens with one attached hydrogen (secondary N) is 2. The van der Waals surface area contributed by atoms with Gasteiger partial charge in [0.05, 0.1) is 11.4 Å². The Hall–Kier alpha value is -3.04. The summed E-state index contributed by atoms with van der Waals surface area (Å²) in [7, 11) is -3.69. The maximum atomic E-state index is 12.3. The molecular formula is C19H20N2O6S. The van der Waals surface area contributed by atoms with E-state index in [1.807, 2.05) is 0 Å². The number of benzene rings is 2. The van der Waals surface area contributed by atoms with Crippen molar-refractivity contribution in [1.29, 1.82) is 0 Å². The number of amides is 1. The molecule has 0 aliphatic carbocycles. The van der Waals surface area contributed by atoms with Crippen molar-refractivity contribution >= 4 is 15.9 Å². The van der Waals surface area contributed by atoms with Gasteiger partial charge in [0.2, 0.25) is 16.8 Å². The summed E-state index contributed by atoms with van der Waals surface area (Å²) in [6, 6.07) is 11.0. The second kappa shape index (κ2) is 8.77. The summed E-state index contributed by atoms with van der Waals surface area (Å²) in [5.41, 5.74) is 0.240. The fourth-order valence-corrected chi connectivity index (χ4v) is 3.50. The molecule has 0 bridgehead atoms. The van der Waals surface area contributed by atoms with E-state index in [0.717, 1.165) is 0 Å². The number of sulfonamides is 1. The van der Waals surface area contributed by atoms with E-state index in [9.17, 15) is 13.2 Å². The van der Waals surface area contributed by atoms with E-state index in [0.29, 0.717) is 17.2 Å². The molecule has 8 nitrogen and oxygen atoms in total. The molecule has 2 aromatic rings. The highest BCUT2D eigenvalue weighted by Gasteiger charge is 2.16. The number of carbonyl (C=O) groups excluding carboxylic acids is 1. The van der Waals surface area contributed by atoms with Crippen LogP contribution < -0.4 is 24.2 Å². The van der Waals surface area contributed by atoms with Crippen LogP contribution >= 0.6 is 0 Å². The molecule has 3 rings (SSSR count). The molecule has 0 saturated carbocycles. The quantitative estimate of drug-likeness (QED) is 0.487. The third-order valence-corrected chi connectivity index (χ3v) is 5.25. The van der Waals surface area contributed by atoms with Gasteiger partial charge in [0, 0.05) is 18.2 Å². The Bertz CT molecular complexity index is 974. The van der Waals surface area contributed by atoms with E-state index < -0.39 is 15.9 Å². The van der Waals surface area contributed by atoms with Crippen molar-refractivity contribution in [1.82, 2.24) is 10.0 Å². The van der Waals surface area contributed by atoms with E-state index in [2.05, 4.69) is 16.6 Å². The molecule has 0 aromatic heterocycles. The molecule has 0 fully saturated rings. The Kier molecular flexibility index (Phi) is 6.17. The summed E-state index contributed by atoms with van der Waals surface area (Å²) >= 11 is 0. The van der Waals surface area contributed by atoms with Gasteiger partial charge in [0.25, 0.3) is 5.91 Å². The molecule has 0 spiro atoms. The molecule has 2 aromatic carbocycles. The van der Waals surface area contributed by atoms with Gasteiger partial charge in [-0.2, -0.15) is 0 Å². The molecule has 0 radical (unpaired) electrons. The van der Waals surface area contributed by atoms with Crippen molar-refractivity contribution < 1.29 is 27.4 Å². The van der Waals surface area contributed by atoms with Gasteiger partial charge in [-0.1, -0.05) is 12.1 Å². The van der Waals surface area contributed by atoms with Crippen molar-refractivity contribution in [2.75, 3.05) is 26.5 Å². The number of ether oxygens (including phenoxy) is 3. The molecule has 28 heavy (non-hydrogen) atoms. The lowest BCUT2D eigenvalue weighted by molar-refractivity contribution is 0.0946. The van der Waals surface area contributed by atoms with Crippen LogP contribution in [0.15, 0.2) is 60.0 Å². The van der Waals surface area contributed by atoms with Crippen LogP contribution in [0.25, 0.3) is 0 Å². The molecule has 1 heterocycles. The normalized spacial score (nSPS) is 12.4. The number of rotatable bonds is 9. The lowest BCUT2D eigenvalue weighted by Gasteiger charge is -2.09. The summed E-state index contributed by atoms with van der Waals surface area (Å²) in [5, 5.41) is 2.69. The SMILES string of the molecule is C=CCNS(=O)(=O)c1cccc(C(=O)NCCOc2ccc3c(c2)OCO3)c1. The maximum absolute atomic E-state index is 12.3. The van der Waals surface area contributed by atoms with Crippen LogP contribution in [-0.4, -0.2) is 40.8 Å². The van der Waals surface area contributed by atoms with Gasteiger partial charge in [-0.15, -0.1) is 6.58 Å². The molecule has 2 N–H and O–H groups in total. The number of carbonyl (C=O) groups is 1. The molecule has 9 heteroatoms. The zero-order valence-electron chi connectivity index (χ0n) is 15.0. The third kappa shape index (κ3) is 4.81. The summed E-state index contributed by atoms with van der Waals surface area (Å²) in [6.45, 7) is 4.25. The molecule has 1 aliphatic heterocycles. The lowest BCUT2D eigenvalue weighted by Crippen LogP contribution is -2.28. The molecule has 0 unspecified atom stereocenters. The molecule has 1 amide bonds. The fraction of sp³-hybridized carbons (Fsp3) is 0.211. The van der Waals surface area contributed by atoms with Crippen molar-refractivity contribution in [3.05, 3.63) is 60.7 Å². The summed E-state index contributed by atoms with van der Waals surface area (Å²) < 4.78 is 42.7. The van der Waals surface area contributed by atoms with Crippen LogP contribution in [0.4, 0.5) is 0 Å². The standard InChI is InChI=1S/C19H20N2O6S/c1-2-8-21-28(23,24)16-5-3-4-14(11-16)19(22)20-9-10-25-15-6-7-17-18(12-15)27-13-26-17/h2-7,11-12,21H,1,8-10,13H2,(H,20,22). The Morgan fingerprint density at radius 2 is 2.00 bits per heavy atom. The molecular weight excluding hydrogens is 384 g/mol. The highest BCUT2D eigenvalue weighted by molar-refractivity contribution is 7.89. The Morgan fingerprint density at radius 1 is 1.18 bits per heavy atom. The van der Waals surface area contributed by atoms with Gasteiger partial charge in [-0.25, -0.2) is 13.1 Å². The lowest BCUT2D eigenvalue weighted by atomic mass is 10.2. The topological polar surface area (TPSA) is 103 Å². The number of hydrogen-bond acceptors (Lipinski definition) is 6. The minimum absolute atomic E-state index is 0.0126. The molecule has 148 valence electrons. The first-order valence-corrected chi connectivity index (χ1v) is 9.99. The average molecular weight is 404 g/mol. The number of hydrogen-bond donors (Lipinski definition) is 2. The van der Waals surface area contributed by atoms with Crippen LogP contribution in [0.5, 0.6) is 17.2 Å². The predicted octanol–water partition coefficient (Wildman–Crippen LogP) is 1.69. The van der Waals surface area contributed by atoms with Crippen molar-refractivity contribution in [2.45, 2.75) is 4.90 Å². The van der Waals surface area contributed by atoms with E-state index in [1.54, 1.807) is 24.3 Å². The largest absolute Gasteiger partial charge is 0.492 e. The number of fused-ring (bicyclic) bond motifs is 1. The van der Waals surface area contributed by atoms with E-state index in [4.69, 9.17) is 14.2 Å². The predicted molar refractivity (Wildman–Crippen MR) is 102 cm³/mol. The second-order valence-electron chi connectivity index (χ2n) is 5.79. The van der Waals surface area contributed by atoms with Gasteiger partial charge >= 0.3 is 0 Å². The zero-order valence-corrected chi connectivity index (χ0v) is 15.8. The average Bonchev–Trinajstić information content (AvgIpc) is 3.17. The van der Waals surface area contributed by atoms with E-state index in [1.165, 1.54) is 24.3 Å². The molecule has 1 aliphatic rings. The Labute approximate surface area is 163 Å². The van der Waals surface area contributed by atoms with Gasteiger partial charge in [0.1, 0.15) is 12.4 Å². The van der Waals surface area contributed by atoms with Crippen LogP contribution in [0.3, 0.4) is 0 Å². The third-order valence-electron chi connectivity index (χ3n) is 3.82. The van der Waals surface area contributed by atoms with Gasteiger partial charge in [-0.05, 0) is 30.3 Å².